The Morgan fingerprint density at radius 1 is 1.00 bits per heavy atom. The first-order chi connectivity index (χ1) is 18.5. The van der Waals surface area contributed by atoms with E-state index in [1.807, 2.05) is 42.5 Å². The number of ether oxygens (including phenoxy) is 3. The highest BCUT2D eigenvalue weighted by atomic mass is 16.6. The van der Waals surface area contributed by atoms with Crippen LogP contribution in [0.4, 0.5) is 11.4 Å². The SMILES string of the molecule is COc1ccc([C@H]2COC(=O)C(Cc3ccc(OCc4ccccc4)c([N+](=O)[O-])c3)C2)cc1N1CCCC1. The summed E-state index contributed by atoms with van der Waals surface area (Å²) in [6, 6.07) is 20.6. The minimum atomic E-state index is -0.441. The molecule has 1 unspecified atom stereocenters. The van der Waals surface area contributed by atoms with Crippen LogP contribution in [0.3, 0.4) is 0 Å². The maximum absolute atomic E-state index is 12.7. The predicted molar refractivity (Wildman–Crippen MR) is 144 cm³/mol. The molecule has 0 aromatic heterocycles. The van der Waals surface area contributed by atoms with E-state index in [1.165, 1.54) is 18.9 Å². The van der Waals surface area contributed by atoms with Crippen LogP contribution in [0.5, 0.6) is 11.5 Å². The van der Waals surface area contributed by atoms with E-state index in [1.54, 1.807) is 19.2 Å². The fraction of sp³-hybridized carbons (Fsp3) is 0.367. The van der Waals surface area contributed by atoms with Gasteiger partial charge in [-0.1, -0.05) is 42.5 Å². The van der Waals surface area contributed by atoms with Gasteiger partial charge in [0, 0.05) is 25.1 Å². The van der Waals surface area contributed by atoms with E-state index in [2.05, 4.69) is 11.0 Å². The number of nitrogens with zero attached hydrogens (tertiary/aromatic N) is 2. The summed E-state index contributed by atoms with van der Waals surface area (Å²) >= 11 is 0. The Balaban J connectivity index is 1.30. The van der Waals surface area contributed by atoms with E-state index in [0.717, 1.165) is 35.7 Å². The second-order valence-corrected chi connectivity index (χ2v) is 9.92. The molecule has 0 aliphatic carbocycles. The van der Waals surface area contributed by atoms with E-state index >= 15 is 0 Å². The molecule has 2 fully saturated rings. The van der Waals surface area contributed by atoms with E-state index in [-0.39, 0.29) is 35.8 Å². The zero-order valence-corrected chi connectivity index (χ0v) is 21.5. The lowest BCUT2D eigenvalue weighted by Gasteiger charge is -2.30. The van der Waals surface area contributed by atoms with Gasteiger partial charge in [0.2, 0.25) is 0 Å². The third-order valence-electron chi connectivity index (χ3n) is 7.39. The zero-order chi connectivity index (χ0) is 26.5. The molecule has 0 radical (unpaired) electrons. The number of hydrogen-bond donors (Lipinski definition) is 0. The number of esters is 1. The Bertz CT molecular complexity index is 1290. The number of nitro benzene ring substituents is 1. The first-order valence-electron chi connectivity index (χ1n) is 13.1. The zero-order valence-electron chi connectivity index (χ0n) is 21.5. The molecular weight excluding hydrogens is 484 g/mol. The normalized spacial score (nSPS) is 19.2. The van der Waals surface area contributed by atoms with E-state index in [4.69, 9.17) is 14.2 Å². The molecule has 198 valence electrons. The summed E-state index contributed by atoms with van der Waals surface area (Å²) in [5, 5.41) is 11.8. The summed E-state index contributed by atoms with van der Waals surface area (Å²) in [6.07, 6.45) is 3.31. The van der Waals surface area contributed by atoms with Crippen molar-refractivity contribution in [2.24, 2.45) is 5.92 Å². The Morgan fingerprint density at radius 3 is 2.50 bits per heavy atom. The van der Waals surface area contributed by atoms with Crippen molar-refractivity contribution in [3.63, 3.8) is 0 Å². The van der Waals surface area contributed by atoms with Gasteiger partial charge >= 0.3 is 11.7 Å². The fourth-order valence-corrected chi connectivity index (χ4v) is 5.35. The van der Waals surface area contributed by atoms with Gasteiger partial charge in [-0.25, -0.2) is 0 Å². The van der Waals surface area contributed by atoms with Gasteiger partial charge < -0.3 is 19.1 Å². The van der Waals surface area contributed by atoms with Gasteiger partial charge in [-0.15, -0.1) is 0 Å². The van der Waals surface area contributed by atoms with E-state index in [0.29, 0.717) is 25.0 Å². The van der Waals surface area contributed by atoms with Gasteiger partial charge in [-0.3, -0.25) is 14.9 Å². The molecule has 8 nitrogen and oxygen atoms in total. The minimum absolute atomic E-state index is 0.0495. The number of nitro groups is 1. The summed E-state index contributed by atoms with van der Waals surface area (Å²) in [5.74, 6) is 0.457. The molecular formula is C30H32N2O6. The van der Waals surface area contributed by atoms with Crippen LogP contribution in [0.2, 0.25) is 0 Å². The Kier molecular flexibility index (Phi) is 7.77. The van der Waals surface area contributed by atoms with Crippen molar-refractivity contribution in [2.45, 2.75) is 38.2 Å². The highest BCUT2D eigenvalue weighted by molar-refractivity contribution is 5.74. The standard InChI is InChI=1S/C30H32N2O6/c1-36-28-12-10-23(18-26(28)31-13-5-6-14-31)25-17-24(30(33)38-20-25)15-22-9-11-29(27(16-22)32(34)35)37-19-21-7-3-2-4-8-21/h2-4,7-12,16,18,24-25H,5-6,13-15,17,19-20H2,1H3/t24?,25-/m1/s1. The predicted octanol–water partition coefficient (Wildman–Crippen LogP) is 5.67. The molecule has 0 bridgehead atoms. The number of carbonyl (C=O) groups excluding carboxylic acids is 1. The van der Waals surface area contributed by atoms with Gasteiger partial charge in [0.15, 0.2) is 5.75 Å². The molecule has 0 spiro atoms. The summed E-state index contributed by atoms with van der Waals surface area (Å²) in [7, 11) is 1.68. The molecule has 0 N–H and O–H groups in total. The molecule has 2 aliphatic heterocycles. The molecule has 3 aromatic rings. The summed E-state index contributed by atoms with van der Waals surface area (Å²) in [5.41, 5.74) is 3.72. The van der Waals surface area contributed by atoms with Crippen LogP contribution >= 0.6 is 0 Å². The molecule has 0 saturated carbocycles. The number of methoxy groups -OCH3 is 1. The summed E-state index contributed by atoms with van der Waals surface area (Å²) in [6.45, 7) is 2.57. The number of anilines is 1. The molecule has 5 rings (SSSR count). The van der Waals surface area contributed by atoms with Crippen molar-refractivity contribution >= 4 is 17.3 Å². The van der Waals surface area contributed by atoms with Crippen molar-refractivity contribution in [2.75, 3.05) is 31.7 Å². The number of benzene rings is 3. The Morgan fingerprint density at radius 2 is 1.76 bits per heavy atom. The number of hydrogen-bond acceptors (Lipinski definition) is 7. The van der Waals surface area contributed by atoms with Crippen LogP contribution < -0.4 is 14.4 Å². The van der Waals surface area contributed by atoms with Gasteiger partial charge in [0.1, 0.15) is 12.4 Å². The van der Waals surface area contributed by atoms with Crippen LogP contribution in [0.1, 0.15) is 41.9 Å². The third-order valence-corrected chi connectivity index (χ3v) is 7.39. The molecule has 8 heteroatoms. The number of carbonyl (C=O) groups is 1. The highest BCUT2D eigenvalue weighted by Gasteiger charge is 2.33. The lowest BCUT2D eigenvalue weighted by Crippen LogP contribution is -2.31. The van der Waals surface area contributed by atoms with Crippen molar-refractivity contribution in [1.29, 1.82) is 0 Å². The summed E-state index contributed by atoms with van der Waals surface area (Å²) < 4.78 is 17.0. The maximum Gasteiger partial charge on any atom is 0.311 e. The summed E-state index contributed by atoms with van der Waals surface area (Å²) in [4.78, 5) is 26.4. The highest BCUT2D eigenvalue weighted by Crippen LogP contribution is 2.38. The Hall–Kier alpha value is -4.07. The van der Waals surface area contributed by atoms with Crippen molar-refractivity contribution < 1.29 is 23.9 Å². The molecule has 2 aliphatic rings. The molecule has 3 aromatic carbocycles. The monoisotopic (exact) mass is 516 g/mol. The van der Waals surface area contributed by atoms with Gasteiger partial charge in [0.05, 0.1) is 30.2 Å². The van der Waals surface area contributed by atoms with Gasteiger partial charge in [-0.2, -0.15) is 0 Å². The second kappa shape index (κ2) is 11.5. The molecule has 38 heavy (non-hydrogen) atoms. The van der Waals surface area contributed by atoms with Crippen LogP contribution in [0.15, 0.2) is 66.7 Å². The molecule has 2 atom stereocenters. The average Bonchev–Trinajstić information content (AvgIpc) is 3.49. The van der Waals surface area contributed by atoms with Crippen molar-refractivity contribution in [1.82, 2.24) is 0 Å². The molecule has 0 amide bonds. The van der Waals surface area contributed by atoms with Crippen molar-refractivity contribution in [3.8, 4) is 11.5 Å². The first-order valence-corrected chi connectivity index (χ1v) is 13.1. The van der Waals surface area contributed by atoms with Crippen LogP contribution in [-0.4, -0.2) is 37.7 Å². The van der Waals surface area contributed by atoms with Crippen LogP contribution in [-0.2, 0) is 22.6 Å². The van der Waals surface area contributed by atoms with Crippen molar-refractivity contribution in [3.05, 3.63) is 93.5 Å². The lowest BCUT2D eigenvalue weighted by atomic mass is 9.84. The second-order valence-electron chi connectivity index (χ2n) is 9.92. The Labute approximate surface area is 222 Å². The average molecular weight is 517 g/mol. The third kappa shape index (κ3) is 5.74. The molecule has 2 heterocycles. The quantitative estimate of drug-likeness (QED) is 0.206. The van der Waals surface area contributed by atoms with Gasteiger partial charge in [0.25, 0.3) is 0 Å². The largest absolute Gasteiger partial charge is 0.495 e. The number of cyclic esters (lactones) is 1. The first kappa shape index (κ1) is 25.6. The fourth-order valence-electron chi connectivity index (χ4n) is 5.35. The van der Waals surface area contributed by atoms with Crippen LogP contribution in [0, 0.1) is 16.0 Å². The number of rotatable bonds is 9. The smallest absolute Gasteiger partial charge is 0.311 e. The van der Waals surface area contributed by atoms with E-state index < -0.39 is 4.92 Å². The van der Waals surface area contributed by atoms with Gasteiger partial charge in [-0.05, 0) is 60.6 Å². The molecule has 2 saturated heterocycles. The van der Waals surface area contributed by atoms with Crippen LogP contribution in [0.25, 0.3) is 0 Å². The van der Waals surface area contributed by atoms with E-state index in [9.17, 15) is 14.9 Å². The topological polar surface area (TPSA) is 91.1 Å². The maximum atomic E-state index is 12.7. The lowest BCUT2D eigenvalue weighted by molar-refractivity contribution is -0.386. The minimum Gasteiger partial charge on any atom is -0.495 e.